The first-order chi connectivity index (χ1) is 6.24. The van der Waals surface area contributed by atoms with Crippen LogP contribution in [-0.4, -0.2) is 49.5 Å². The highest BCUT2D eigenvalue weighted by Crippen LogP contribution is 1.98. The van der Waals surface area contributed by atoms with Crippen LogP contribution in [0.4, 0.5) is 0 Å². The van der Waals surface area contributed by atoms with E-state index in [1.807, 2.05) is 6.92 Å². The Morgan fingerprint density at radius 2 is 2.46 bits per heavy atom. The molecule has 0 aromatic heterocycles. The van der Waals surface area contributed by atoms with Crippen LogP contribution in [-0.2, 0) is 9.53 Å². The molecule has 0 spiro atoms. The SMILES string of the molecule is CCOCC(=O)N[C@@H]1CNC[C@H]1O. The van der Waals surface area contributed by atoms with Crippen molar-refractivity contribution in [2.75, 3.05) is 26.3 Å². The summed E-state index contributed by atoms with van der Waals surface area (Å²) in [5.41, 5.74) is 0. The molecular formula is C8H16N2O3. The first-order valence-corrected chi connectivity index (χ1v) is 4.50. The van der Waals surface area contributed by atoms with E-state index in [0.717, 1.165) is 0 Å². The van der Waals surface area contributed by atoms with E-state index in [1.165, 1.54) is 0 Å². The number of rotatable bonds is 4. The standard InChI is InChI=1S/C8H16N2O3/c1-2-13-5-8(12)10-6-3-9-4-7(6)11/h6-7,9,11H,2-5H2,1H3,(H,10,12)/t6-,7-/m1/s1. The molecule has 5 heteroatoms. The minimum atomic E-state index is -0.481. The second-order valence-electron chi connectivity index (χ2n) is 3.04. The summed E-state index contributed by atoms with van der Waals surface area (Å²) in [6.45, 7) is 3.59. The summed E-state index contributed by atoms with van der Waals surface area (Å²) in [5, 5.41) is 15.0. The Balaban J connectivity index is 2.19. The van der Waals surface area contributed by atoms with Gasteiger partial charge in [0.15, 0.2) is 0 Å². The second-order valence-corrected chi connectivity index (χ2v) is 3.04. The highest BCUT2D eigenvalue weighted by molar-refractivity contribution is 5.77. The van der Waals surface area contributed by atoms with Crippen molar-refractivity contribution in [3.05, 3.63) is 0 Å². The number of aliphatic hydroxyl groups excluding tert-OH is 1. The lowest BCUT2D eigenvalue weighted by molar-refractivity contribution is -0.126. The number of ether oxygens (including phenoxy) is 1. The van der Waals surface area contributed by atoms with E-state index in [0.29, 0.717) is 19.7 Å². The number of β-amino-alcohol motifs (C(OH)–C–C–N with tert-alkyl or cyclic N) is 1. The zero-order valence-electron chi connectivity index (χ0n) is 7.75. The monoisotopic (exact) mass is 188 g/mol. The van der Waals surface area contributed by atoms with E-state index >= 15 is 0 Å². The largest absolute Gasteiger partial charge is 0.390 e. The molecular weight excluding hydrogens is 172 g/mol. The number of hydrogen-bond acceptors (Lipinski definition) is 4. The lowest BCUT2D eigenvalue weighted by atomic mass is 10.2. The summed E-state index contributed by atoms with van der Waals surface area (Å²) in [5.74, 6) is -0.172. The zero-order valence-corrected chi connectivity index (χ0v) is 7.75. The van der Waals surface area contributed by atoms with Crippen molar-refractivity contribution in [3.8, 4) is 0 Å². The predicted molar refractivity (Wildman–Crippen MR) is 47.3 cm³/mol. The Morgan fingerprint density at radius 1 is 1.69 bits per heavy atom. The summed E-state index contributed by atoms with van der Waals surface area (Å²) in [4.78, 5) is 11.1. The van der Waals surface area contributed by atoms with E-state index in [1.54, 1.807) is 0 Å². The van der Waals surface area contributed by atoms with Crippen molar-refractivity contribution in [1.82, 2.24) is 10.6 Å². The Kier molecular flexibility index (Phi) is 4.14. The van der Waals surface area contributed by atoms with Crippen LogP contribution < -0.4 is 10.6 Å². The predicted octanol–water partition coefficient (Wildman–Crippen LogP) is -1.53. The lowest BCUT2D eigenvalue weighted by Gasteiger charge is -2.14. The van der Waals surface area contributed by atoms with E-state index in [2.05, 4.69) is 10.6 Å². The maximum atomic E-state index is 11.1. The van der Waals surface area contributed by atoms with Gasteiger partial charge in [0.1, 0.15) is 6.61 Å². The zero-order chi connectivity index (χ0) is 9.68. The van der Waals surface area contributed by atoms with Gasteiger partial charge in [0.2, 0.25) is 5.91 Å². The Hall–Kier alpha value is -0.650. The van der Waals surface area contributed by atoms with Crippen LogP contribution in [0.15, 0.2) is 0 Å². The number of hydrogen-bond donors (Lipinski definition) is 3. The van der Waals surface area contributed by atoms with Crippen LogP contribution in [0, 0.1) is 0 Å². The summed E-state index contributed by atoms with van der Waals surface area (Å²) < 4.78 is 4.93. The summed E-state index contributed by atoms with van der Waals surface area (Å²) in [7, 11) is 0. The van der Waals surface area contributed by atoms with Crippen molar-refractivity contribution in [1.29, 1.82) is 0 Å². The van der Waals surface area contributed by atoms with Gasteiger partial charge in [-0.3, -0.25) is 4.79 Å². The third-order valence-corrected chi connectivity index (χ3v) is 1.97. The third kappa shape index (κ3) is 3.30. The fraction of sp³-hybridized carbons (Fsp3) is 0.875. The van der Waals surface area contributed by atoms with Gasteiger partial charge in [0.25, 0.3) is 0 Å². The van der Waals surface area contributed by atoms with Crippen LogP contribution >= 0.6 is 0 Å². The molecule has 1 aliphatic heterocycles. The van der Waals surface area contributed by atoms with Crippen LogP contribution in [0.5, 0.6) is 0 Å². The number of carbonyl (C=O) groups excluding carboxylic acids is 1. The molecule has 76 valence electrons. The molecule has 1 fully saturated rings. The molecule has 13 heavy (non-hydrogen) atoms. The number of nitrogens with one attached hydrogen (secondary N) is 2. The highest BCUT2D eigenvalue weighted by Gasteiger charge is 2.25. The number of carbonyl (C=O) groups is 1. The van der Waals surface area contributed by atoms with Crippen molar-refractivity contribution in [3.63, 3.8) is 0 Å². The van der Waals surface area contributed by atoms with Crippen LogP contribution in [0.25, 0.3) is 0 Å². The Morgan fingerprint density at radius 3 is 3.00 bits per heavy atom. The molecule has 0 bridgehead atoms. The van der Waals surface area contributed by atoms with Crippen LogP contribution in [0.2, 0.25) is 0 Å². The number of amides is 1. The first kappa shape index (κ1) is 10.4. The molecule has 1 saturated heterocycles. The summed E-state index contributed by atoms with van der Waals surface area (Å²) >= 11 is 0. The van der Waals surface area contributed by atoms with E-state index < -0.39 is 6.10 Å². The molecule has 0 aromatic carbocycles. The molecule has 2 atom stereocenters. The molecule has 0 aromatic rings. The van der Waals surface area contributed by atoms with Gasteiger partial charge in [0.05, 0.1) is 12.1 Å². The fourth-order valence-corrected chi connectivity index (χ4v) is 1.26. The van der Waals surface area contributed by atoms with E-state index in [-0.39, 0.29) is 18.6 Å². The van der Waals surface area contributed by atoms with Gasteiger partial charge in [-0.1, -0.05) is 0 Å². The quantitative estimate of drug-likeness (QED) is 0.500. The van der Waals surface area contributed by atoms with Gasteiger partial charge >= 0.3 is 0 Å². The molecule has 1 rings (SSSR count). The van der Waals surface area contributed by atoms with Crippen molar-refractivity contribution in [2.45, 2.75) is 19.1 Å². The Bertz CT molecular complexity index is 175. The van der Waals surface area contributed by atoms with Gasteiger partial charge in [-0.25, -0.2) is 0 Å². The second kappa shape index (κ2) is 5.16. The molecule has 0 aliphatic carbocycles. The first-order valence-electron chi connectivity index (χ1n) is 4.50. The van der Waals surface area contributed by atoms with Gasteiger partial charge in [-0.05, 0) is 6.92 Å². The smallest absolute Gasteiger partial charge is 0.246 e. The van der Waals surface area contributed by atoms with E-state index in [4.69, 9.17) is 4.74 Å². The van der Waals surface area contributed by atoms with Gasteiger partial charge in [-0.2, -0.15) is 0 Å². The maximum absolute atomic E-state index is 11.1. The van der Waals surface area contributed by atoms with Crippen molar-refractivity contribution < 1.29 is 14.6 Å². The molecule has 1 amide bonds. The molecule has 1 aliphatic rings. The third-order valence-electron chi connectivity index (χ3n) is 1.97. The topological polar surface area (TPSA) is 70.6 Å². The fourth-order valence-electron chi connectivity index (χ4n) is 1.26. The number of aliphatic hydroxyl groups is 1. The lowest BCUT2D eigenvalue weighted by Crippen LogP contribution is -2.44. The molecule has 5 nitrogen and oxygen atoms in total. The molecule has 0 radical (unpaired) electrons. The minimum absolute atomic E-state index is 0.0692. The average Bonchev–Trinajstić information content (AvgIpc) is 2.48. The van der Waals surface area contributed by atoms with Gasteiger partial charge in [0, 0.05) is 19.7 Å². The van der Waals surface area contributed by atoms with Gasteiger partial charge < -0.3 is 20.5 Å². The maximum Gasteiger partial charge on any atom is 0.246 e. The highest BCUT2D eigenvalue weighted by atomic mass is 16.5. The van der Waals surface area contributed by atoms with Crippen LogP contribution in [0.1, 0.15) is 6.92 Å². The average molecular weight is 188 g/mol. The molecule has 0 unspecified atom stereocenters. The normalized spacial score (nSPS) is 27.5. The molecule has 0 saturated carbocycles. The Labute approximate surface area is 77.5 Å². The summed E-state index contributed by atoms with van der Waals surface area (Å²) in [6.07, 6.45) is -0.481. The van der Waals surface area contributed by atoms with Crippen molar-refractivity contribution in [2.24, 2.45) is 0 Å². The minimum Gasteiger partial charge on any atom is -0.390 e. The van der Waals surface area contributed by atoms with E-state index in [9.17, 15) is 9.90 Å². The van der Waals surface area contributed by atoms with Crippen LogP contribution in [0.3, 0.4) is 0 Å². The van der Waals surface area contributed by atoms with Gasteiger partial charge in [-0.15, -0.1) is 0 Å². The molecule has 3 N–H and O–H groups in total. The van der Waals surface area contributed by atoms with Crippen molar-refractivity contribution >= 4 is 5.91 Å². The summed E-state index contributed by atoms with van der Waals surface area (Å²) in [6, 6.07) is -0.173. The molecule has 1 heterocycles.